The van der Waals surface area contributed by atoms with Gasteiger partial charge in [0, 0.05) is 25.4 Å². The first-order valence-corrected chi connectivity index (χ1v) is 8.16. The van der Waals surface area contributed by atoms with E-state index in [0.29, 0.717) is 23.5 Å². The normalized spacial score (nSPS) is 9.77. The third-order valence-corrected chi connectivity index (χ3v) is 3.72. The number of rotatable bonds is 5. The maximum absolute atomic E-state index is 13.9. The van der Waals surface area contributed by atoms with Crippen LogP contribution in [0, 0.1) is 5.82 Å². The lowest BCUT2D eigenvalue weighted by Gasteiger charge is -2.21. The van der Waals surface area contributed by atoms with E-state index in [1.165, 1.54) is 6.07 Å². The molecular formula is C21H23FN4. The van der Waals surface area contributed by atoms with Gasteiger partial charge < -0.3 is 5.73 Å². The number of aromatic nitrogens is 1. The van der Waals surface area contributed by atoms with Gasteiger partial charge in [0.2, 0.25) is 0 Å². The molecule has 3 N–H and O–H groups in total. The minimum absolute atomic E-state index is 0.289. The third-order valence-electron chi connectivity index (χ3n) is 3.72. The minimum Gasteiger partial charge on any atom is -0.399 e. The highest BCUT2D eigenvalue weighted by atomic mass is 19.1. The summed E-state index contributed by atoms with van der Waals surface area (Å²) in [5, 5.41) is 1.88. The first-order valence-electron chi connectivity index (χ1n) is 8.16. The summed E-state index contributed by atoms with van der Waals surface area (Å²) in [6.07, 6.45) is 2.20. The largest absolute Gasteiger partial charge is 0.399 e. The highest BCUT2D eigenvalue weighted by molar-refractivity contribution is 5.52. The zero-order chi connectivity index (χ0) is 18.9. The smallest absolute Gasteiger partial charge is 0.144 e. The van der Waals surface area contributed by atoms with Crippen molar-refractivity contribution >= 4 is 17.2 Å². The van der Waals surface area contributed by atoms with Crippen LogP contribution in [0.1, 0.15) is 11.1 Å². The summed E-state index contributed by atoms with van der Waals surface area (Å²) in [6.45, 7) is 6.00. The second kappa shape index (κ2) is 9.22. The van der Waals surface area contributed by atoms with Crippen molar-refractivity contribution in [3.63, 3.8) is 0 Å². The molecule has 26 heavy (non-hydrogen) atoms. The number of nitrogens with zero attached hydrogens (tertiary/aromatic N) is 2. The van der Waals surface area contributed by atoms with Crippen molar-refractivity contribution in [2.24, 2.45) is 0 Å². The van der Waals surface area contributed by atoms with E-state index in [1.54, 1.807) is 18.3 Å². The molecule has 0 radical (unpaired) electrons. The van der Waals surface area contributed by atoms with Crippen LogP contribution in [0.15, 0.2) is 80.0 Å². The molecule has 1 aromatic heterocycles. The Hall–Kier alpha value is -3.34. The molecule has 0 aliphatic rings. The van der Waals surface area contributed by atoms with E-state index in [9.17, 15) is 4.39 Å². The summed E-state index contributed by atoms with van der Waals surface area (Å²) >= 11 is 0. The lowest BCUT2D eigenvalue weighted by atomic mass is 10.1. The Bertz CT molecular complexity index is 836. The van der Waals surface area contributed by atoms with Crippen molar-refractivity contribution in [2.75, 3.05) is 23.2 Å². The second-order valence-corrected chi connectivity index (χ2v) is 5.58. The highest BCUT2D eigenvalue weighted by Crippen LogP contribution is 2.18. The van der Waals surface area contributed by atoms with Crippen molar-refractivity contribution in [3.8, 4) is 0 Å². The van der Waals surface area contributed by atoms with Crippen molar-refractivity contribution < 1.29 is 4.39 Å². The summed E-state index contributed by atoms with van der Waals surface area (Å²) in [6, 6.07) is 18.5. The molecule has 0 aliphatic carbocycles. The van der Waals surface area contributed by atoms with E-state index < -0.39 is 0 Å². The second-order valence-electron chi connectivity index (χ2n) is 5.58. The summed E-state index contributed by atoms with van der Waals surface area (Å²) in [7, 11) is 1.92. The van der Waals surface area contributed by atoms with Crippen LogP contribution >= 0.6 is 0 Å². The van der Waals surface area contributed by atoms with E-state index >= 15 is 0 Å². The molecule has 0 spiro atoms. The molecule has 0 bridgehead atoms. The average molecular weight is 350 g/mol. The summed E-state index contributed by atoms with van der Waals surface area (Å²) in [5.74, 6) is 0.414. The number of hydrazine groups is 1. The molecule has 4 nitrogen and oxygen atoms in total. The van der Waals surface area contributed by atoms with E-state index in [-0.39, 0.29) is 5.82 Å². The van der Waals surface area contributed by atoms with Crippen molar-refractivity contribution in [2.45, 2.75) is 6.42 Å². The van der Waals surface area contributed by atoms with Crippen molar-refractivity contribution in [1.82, 2.24) is 4.98 Å². The molecule has 3 rings (SSSR count). The van der Waals surface area contributed by atoms with Crippen molar-refractivity contribution in [3.05, 3.63) is 97.0 Å². The topological polar surface area (TPSA) is 54.2 Å². The average Bonchev–Trinajstić information content (AvgIpc) is 2.67. The molecule has 0 atom stereocenters. The Morgan fingerprint density at radius 3 is 2.50 bits per heavy atom. The number of nitrogens with one attached hydrogen (secondary N) is 1. The van der Waals surface area contributed by atoms with Gasteiger partial charge in [-0.3, -0.25) is 10.4 Å². The Balaban J connectivity index is 0.00000117. The summed E-state index contributed by atoms with van der Waals surface area (Å²) in [5.41, 5.74) is 11.8. The maximum atomic E-state index is 13.9. The standard InChI is InChI=1S/C19H19FN4.C2H4/c1-24(17-5-3-2-4-6-17)23-19-12-14(9-10-22-19)11-15-7-8-16(21)13-18(15)20;1-2/h2-10,12-13H,11,21H2,1H3,(H,22,23);1-2H2. The first kappa shape index (κ1) is 19.0. The molecule has 5 heteroatoms. The number of para-hydroxylation sites is 1. The van der Waals surface area contributed by atoms with Gasteiger partial charge in [0.05, 0.1) is 5.69 Å². The van der Waals surface area contributed by atoms with Gasteiger partial charge in [0.15, 0.2) is 0 Å². The molecule has 0 unspecified atom stereocenters. The van der Waals surface area contributed by atoms with Gasteiger partial charge in [0.1, 0.15) is 11.6 Å². The van der Waals surface area contributed by atoms with Gasteiger partial charge in [0.25, 0.3) is 0 Å². The highest BCUT2D eigenvalue weighted by Gasteiger charge is 2.06. The van der Waals surface area contributed by atoms with Gasteiger partial charge in [-0.1, -0.05) is 24.3 Å². The quantitative estimate of drug-likeness (QED) is 0.399. The Morgan fingerprint density at radius 2 is 1.81 bits per heavy atom. The van der Waals surface area contributed by atoms with Crippen LogP contribution in [0.25, 0.3) is 0 Å². The fourth-order valence-corrected chi connectivity index (χ4v) is 2.46. The van der Waals surface area contributed by atoms with Gasteiger partial charge in [-0.15, -0.1) is 13.2 Å². The number of nitrogen functional groups attached to an aromatic ring is 1. The number of benzene rings is 2. The van der Waals surface area contributed by atoms with E-state index in [4.69, 9.17) is 5.73 Å². The molecule has 134 valence electrons. The van der Waals surface area contributed by atoms with Gasteiger partial charge in [-0.05, 0) is 47.5 Å². The van der Waals surface area contributed by atoms with Crippen LogP contribution in [-0.4, -0.2) is 12.0 Å². The Labute approximate surface area is 153 Å². The molecular weight excluding hydrogens is 327 g/mol. The number of anilines is 3. The Kier molecular flexibility index (Phi) is 6.74. The van der Waals surface area contributed by atoms with E-state index in [0.717, 1.165) is 11.3 Å². The SMILES string of the molecule is C=C.CN(Nc1cc(Cc2ccc(N)cc2F)ccn1)c1ccccc1. The molecule has 2 aromatic carbocycles. The number of pyridine rings is 1. The van der Waals surface area contributed by atoms with Crippen LogP contribution in [0.2, 0.25) is 0 Å². The number of halogens is 1. The van der Waals surface area contributed by atoms with Crippen molar-refractivity contribution in [1.29, 1.82) is 0 Å². The lowest BCUT2D eigenvalue weighted by molar-refractivity contribution is 0.614. The van der Waals surface area contributed by atoms with Crippen LogP contribution in [0.5, 0.6) is 0 Å². The van der Waals surface area contributed by atoms with Crippen LogP contribution < -0.4 is 16.2 Å². The zero-order valence-electron chi connectivity index (χ0n) is 14.8. The fourth-order valence-electron chi connectivity index (χ4n) is 2.46. The maximum Gasteiger partial charge on any atom is 0.144 e. The zero-order valence-corrected chi connectivity index (χ0v) is 14.8. The van der Waals surface area contributed by atoms with Gasteiger partial charge in [-0.2, -0.15) is 0 Å². The predicted octanol–water partition coefficient (Wildman–Crippen LogP) is 4.66. The minimum atomic E-state index is -0.289. The lowest BCUT2D eigenvalue weighted by Crippen LogP contribution is -2.25. The summed E-state index contributed by atoms with van der Waals surface area (Å²) in [4.78, 5) is 4.32. The third kappa shape index (κ3) is 5.08. The molecule has 0 amide bonds. The van der Waals surface area contributed by atoms with E-state index in [2.05, 4.69) is 23.6 Å². The van der Waals surface area contributed by atoms with Crippen LogP contribution in [0.4, 0.5) is 21.6 Å². The molecule has 3 aromatic rings. The Morgan fingerprint density at radius 1 is 1.08 bits per heavy atom. The van der Waals surface area contributed by atoms with Crippen LogP contribution in [0.3, 0.4) is 0 Å². The van der Waals surface area contributed by atoms with Gasteiger partial charge >= 0.3 is 0 Å². The molecule has 0 fully saturated rings. The molecule has 0 saturated heterocycles. The van der Waals surface area contributed by atoms with Gasteiger partial charge in [-0.25, -0.2) is 9.37 Å². The molecule has 0 saturated carbocycles. The molecule has 1 heterocycles. The predicted molar refractivity (Wildman–Crippen MR) is 108 cm³/mol. The first-order chi connectivity index (χ1) is 12.6. The molecule has 0 aliphatic heterocycles. The van der Waals surface area contributed by atoms with E-state index in [1.807, 2.05) is 54.5 Å². The summed E-state index contributed by atoms with van der Waals surface area (Å²) < 4.78 is 13.9. The number of nitrogens with two attached hydrogens (primary N) is 1. The number of hydrogen-bond acceptors (Lipinski definition) is 4. The monoisotopic (exact) mass is 350 g/mol. The number of hydrogen-bond donors (Lipinski definition) is 2. The fraction of sp³-hybridized carbons (Fsp3) is 0.0952. The van der Waals surface area contributed by atoms with Crippen LogP contribution in [-0.2, 0) is 6.42 Å².